The smallest absolute Gasteiger partial charge is 0.248 e. The number of carbonyl (C=O) groups is 1. The molecule has 1 amide bonds. The van der Waals surface area contributed by atoms with Gasteiger partial charge in [-0.15, -0.1) is 0 Å². The molecule has 0 aliphatic rings. The predicted octanol–water partition coefficient (Wildman–Crippen LogP) is 4.47. The third-order valence-corrected chi connectivity index (χ3v) is 4.10. The lowest BCUT2D eigenvalue weighted by molar-refractivity contribution is 0.0999. The molecule has 2 N–H and O–H groups in total. The molecule has 0 atom stereocenters. The van der Waals surface area contributed by atoms with E-state index in [0.717, 1.165) is 11.1 Å². The van der Waals surface area contributed by atoms with E-state index in [1.807, 2.05) is 19.1 Å². The summed E-state index contributed by atoms with van der Waals surface area (Å²) in [5.41, 5.74) is 8.58. The molecule has 0 saturated carbocycles. The number of hydrogen-bond donors (Lipinski definition) is 1. The van der Waals surface area contributed by atoms with Crippen LogP contribution in [0.5, 0.6) is 11.5 Å². The number of primary amides is 1. The minimum absolute atomic E-state index is 0.351. The SMILES string of the molecule is Cc1cc(-c2cc(Oc3ccc(C#N)cc3Cl)ccn2)ccc1C(N)=O. The number of ether oxygens (including phenoxy) is 1. The molecule has 3 aromatic rings. The maximum atomic E-state index is 11.4. The first-order chi connectivity index (χ1) is 12.5. The molecule has 5 nitrogen and oxygen atoms in total. The van der Waals surface area contributed by atoms with Crippen LogP contribution in [0.4, 0.5) is 0 Å². The van der Waals surface area contributed by atoms with Crippen molar-refractivity contribution in [1.29, 1.82) is 5.26 Å². The monoisotopic (exact) mass is 363 g/mol. The van der Waals surface area contributed by atoms with Crippen LogP contribution in [-0.2, 0) is 0 Å². The number of nitrogens with zero attached hydrogens (tertiary/aromatic N) is 2. The van der Waals surface area contributed by atoms with Crippen LogP contribution in [0.1, 0.15) is 21.5 Å². The van der Waals surface area contributed by atoms with Gasteiger partial charge in [0.25, 0.3) is 0 Å². The van der Waals surface area contributed by atoms with E-state index in [2.05, 4.69) is 4.98 Å². The second-order valence-corrected chi connectivity index (χ2v) is 6.04. The fraction of sp³-hybridized carbons (Fsp3) is 0.0500. The predicted molar refractivity (Wildman–Crippen MR) is 99.2 cm³/mol. The first kappa shape index (κ1) is 17.5. The van der Waals surface area contributed by atoms with Gasteiger partial charge in [0, 0.05) is 23.4 Å². The second kappa shape index (κ2) is 7.26. The summed E-state index contributed by atoms with van der Waals surface area (Å²) in [5, 5.41) is 9.25. The molecule has 1 aromatic heterocycles. The quantitative estimate of drug-likeness (QED) is 0.740. The summed E-state index contributed by atoms with van der Waals surface area (Å²) in [4.78, 5) is 15.7. The van der Waals surface area contributed by atoms with E-state index >= 15 is 0 Å². The van der Waals surface area contributed by atoms with Crippen LogP contribution in [0.2, 0.25) is 5.02 Å². The zero-order valence-corrected chi connectivity index (χ0v) is 14.6. The molecule has 0 unspecified atom stereocenters. The Hall–Kier alpha value is -3.36. The number of benzene rings is 2. The molecular weight excluding hydrogens is 350 g/mol. The zero-order valence-electron chi connectivity index (χ0n) is 13.9. The van der Waals surface area contributed by atoms with Gasteiger partial charge in [0.15, 0.2) is 0 Å². The number of halogens is 1. The summed E-state index contributed by atoms with van der Waals surface area (Å²) in [7, 11) is 0. The maximum Gasteiger partial charge on any atom is 0.248 e. The van der Waals surface area contributed by atoms with Crippen molar-refractivity contribution in [1.82, 2.24) is 4.98 Å². The highest BCUT2D eigenvalue weighted by Gasteiger charge is 2.09. The highest BCUT2D eigenvalue weighted by molar-refractivity contribution is 6.32. The number of nitrogens with two attached hydrogens (primary N) is 1. The van der Waals surface area contributed by atoms with Gasteiger partial charge in [-0.1, -0.05) is 17.7 Å². The summed E-state index contributed by atoms with van der Waals surface area (Å²) in [6, 6.07) is 15.6. The van der Waals surface area contributed by atoms with Gasteiger partial charge in [0.05, 0.1) is 22.3 Å². The Morgan fingerprint density at radius 1 is 1.19 bits per heavy atom. The fourth-order valence-electron chi connectivity index (χ4n) is 2.51. The average molecular weight is 364 g/mol. The second-order valence-electron chi connectivity index (χ2n) is 5.63. The normalized spacial score (nSPS) is 10.2. The van der Waals surface area contributed by atoms with Crippen LogP contribution in [0, 0.1) is 18.3 Å². The Labute approximate surface area is 155 Å². The maximum absolute atomic E-state index is 11.4. The van der Waals surface area contributed by atoms with Crippen molar-refractivity contribution in [3.63, 3.8) is 0 Å². The Kier molecular flexibility index (Phi) is 4.87. The molecule has 0 bridgehead atoms. The van der Waals surface area contributed by atoms with Gasteiger partial charge in [0.2, 0.25) is 5.91 Å². The van der Waals surface area contributed by atoms with Crippen LogP contribution in [-0.4, -0.2) is 10.9 Å². The Bertz CT molecular complexity index is 1040. The van der Waals surface area contributed by atoms with Crippen LogP contribution in [0.15, 0.2) is 54.7 Å². The molecule has 0 radical (unpaired) electrons. The number of carbonyl (C=O) groups excluding carboxylic acids is 1. The first-order valence-electron chi connectivity index (χ1n) is 7.72. The molecule has 0 fully saturated rings. The minimum atomic E-state index is -0.463. The van der Waals surface area contributed by atoms with Crippen molar-refractivity contribution in [2.24, 2.45) is 5.73 Å². The number of aromatic nitrogens is 1. The molecule has 0 saturated heterocycles. The molecule has 26 heavy (non-hydrogen) atoms. The fourth-order valence-corrected chi connectivity index (χ4v) is 2.73. The first-order valence-corrected chi connectivity index (χ1v) is 8.10. The lowest BCUT2D eigenvalue weighted by atomic mass is 10.0. The number of rotatable bonds is 4. The van der Waals surface area contributed by atoms with E-state index < -0.39 is 5.91 Å². The van der Waals surface area contributed by atoms with Gasteiger partial charge >= 0.3 is 0 Å². The van der Waals surface area contributed by atoms with Gasteiger partial charge in [-0.3, -0.25) is 9.78 Å². The number of nitriles is 1. The number of aryl methyl sites for hydroxylation is 1. The Morgan fingerprint density at radius 2 is 2.00 bits per heavy atom. The summed E-state index contributed by atoms with van der Waals surface area (Å²) in [6.07, 6.45) is 1.62. The zero-order chi connectivity index (χ0) is 18.7. The van der Waals surface area contributed by atoms with Crippen molar-refractivity contribution in [3.8, 4) is 28.8 Å². The largest absolute Gasteiger partial charge is 0.456 e. The number of hydrogen-bond acceptors (Lipinski definition) is 4. The Balaban J connectivity index is 1.91. The van der Waals surface area contributed by atoms with Crippen LogP contribution < -0.4 is 10.5 Å². The summed E-state index contributed by atoms with van der Waals surface area (Å²) < 4.78 is 5.81. The molecule has 0 spiro atoms. The third kappa shape index (κ3) is 3.66. The highest BCUT2D eigenvalue weighted by atomic mass is 35.5. The summed E-state index contributed by atoms with van der Waals surface area (Å²) in [6.45, 7) is 1.82. The van der Waals surface area contributed by atoms with E-state index in [4.69, 9.17) is 27.3 Å². The van der Waals surface area contributed by atoms with Crippen LogP contribution in [0.25, 0.3) is 11.3 Å². The summed E-state index contributed by atoms with van der Waals surface area (Å²) >= 11 is 6.15. The van der Waals surface area contributed by atoms with E-state index in [0.29, 0.717) is 33.3 Å². The minimum Gasteiger partial charge on any atom is -0.456 e. The van der Waals surface area contributed by atoms with Crippen molar-refractivity contribution in [2.75, 3.05) is 0 Å². The average Bonchev–Trinajstić information content (AvgIpc) is 2.63. The lowest BCUT2D eigenvalue weighted by Crippen LogP contribution is -2.12. The van der Waals surface area contributed by atoms with Crippen LogP contribution >= 0.6 is 11.6 Å². The highest BCUT2D eigenvalue weighted by Crippen LogP contribution is 2.31. The molecule has 0 aliphatic heterocycles. The van der Waals surface area contributed by atoms with Crippen molar-refractivity contribution in [2.45, 2.75) is 6.92 Å². The molecule has 2 aromatic carbocycles. The van der Waals surface area contributed by atoms with E-state index in [1.165, 1.54) is 0 Å². The van der Waals surface area contributed by atoms with Gasteiger partial charge in [-0.25, -0.2) is 0 Å². The van der Waals surface area contributed by atoms with Gasteiger partial charge in [-0.2, -0.15) is 5.26 Å². The third-order valence-electron chi connectivity index (χ3n) is 3.81. The van der Waals surface area contributed by atoms with Gasteiger partial charge in [0.1, 0.15) is 11.5 Å². The lowest BCUT2D eigenvalue weighted by Gasteiger charge is -2.10. The van der Waals surface area contributed by atoms with Crippen molar-refractivity contribution >= 4 is 17.5 Å². The van der Waals surface area contributed by atoms with E-state index in [1.54, 1.807) is 48.7 Å². The summed E-state index contributed by atoms with van der Waals surface area (Å²) in [5.74, 6) is 0.538. The molecule has 6 heteroatoms. The van der Waals surface area contributed by atoms with Crippen molar-refractivity contribution in [3.05, 3.63) is 76.4 Å². The van der Waals surface area contributed by atoms with E-state index in [-0.39, 0.29) is 0 Å². The number of pyridine rings is 1. The Morgan fingerprint density at radius 3 is 2.65 bits per heavy atom. The topological polar surface area (TPSA) is 89.0 Å². The molecule has 1 heterocycles. The molecular formula is C20H14ClN3O2. The molecule has 3 rings (SSSR count). The molecule has 128 valence electrons. The van der Waals surface area contributed by atoms with Crippen LogP contribution in [0.3, 0.4) is 0 Å². The van der Waals surface area contributed by atoms with E-state index in [9.17, 15) is 4.79 Å². The standard InChI is InChI=1S/C20H14ClN3O2/c1-12-8-14(3-4-16(12)20(23)25)18-10-15(6-7-24-18)26-19-5-2-13(11-22)9-17(19)21/h2-10H,1H3,(H2,23,25). The number of amides is 1. The van der Waals surface area contributed by atoms with Crippen molar-refractivity contribution < 1.29 is 9.53 Å². The molecule has 0 aliphatic carbocycles. The van der Waals surface area contributed by atoms with Gasteiger partial charge < -0.3 is 10.5 Å². The van der Waals surface area contributed by atoms with Gasteiger partial charge in [-0.05, 0) is 48.9 Å².